The first kappa shape index (κ1) is 18.8. The second-order valence-corrected chi connectivity index (χ2v) is 5.85. The van der Waals surface area contributed by atoms with Gasteiger partial charge in [-0.25, -0.2) is 4.79 Å². The molecule has 0 unspecified atom stereocenters. The van der Waals surface area contributed by atoms with Crippen LogP contribution in [-0.4, -0.2) is 46.9 Å². The van der Waals surface area contributed by atoms with E-state index in [1.807, 2.05) is 0 Å². The topological polar surface area (TPSA) is 119 Å². The van der Waals surface area contributed by atoms with Crippen LogP contribution in [0.25, 0.3) is 0 Å². The van der Waals surface area contributed by atoms with Crippen molar-refractivity contribution in [2.45, 2.75) is 63.1 Å². The van der Waals surface area contributed by atoms with E-state index in [1.165, 1.54) is 0 Å². The summed E-state index contributed by atoms with van der Waals surface area (Å²) in [5, 5.41) is 11.2. The van der Waals surface area contributed by atoms with E-state index < -0.39 is 29.9 Å². The van der Waals surface area contributed by atoms with Gasteiger partial charge < -0.3 is 20.9 Å². The summed E-state index contributed by atoms with van der Waals surface area (Å²) in [6, 6.07) is -1.91. The standard InChI is InChI=1S/C14H24N2O5S/c15-10(13(18)19)6-7-12(17)16-11(8-22)14(20)21-9-4-2-1-3-5-9/h9-11,22H,1-8,15H2,(H,16,17)(H,18,19)/t10-,11-/m0/s1. The van der Waals surface area contributed by atoms with Crippen LogP contribution < -0.4 is 11.1 Å². The minimum atomic E-state index is -1.16. The van der Waals surface area contributed by atoms with Crippen molar-refractivity contribution in [3.8, 4) is 0 Å². The van der Waals surface area contributed by atoms with Gasteiger partial charge >= 0.3 is 11.9 Å². The largest absolute Gasteiger partial charge is 0.480 e. The van der Waals surface area contributed by atoms with Gasteiger partial charge in [0.25, 0.3) is 0 Å². The SMILES string of the molecule is N[C@@H](CCC(=O)N[C@@H](CS)C(=O)OC1CCCCC1)C(=O)O. The zero-order chi connectivity index (χ0) is 16.5. The Bertz CT molecular complexity index is 399. The zero-order valence-electron chi connectivity index (χ0n) is 12.5. The van der Waals surface area contributed by atoms with Crippen molar-refractivity contribution in [2.75, 3.05) is 5.75 Å². The van der Waals surface area contributed by atoms with Gasteiger partial charge in [0.1, 0.15) is 18.2 Å². The van der Waals surface area contributed by atoms with Gasteiger partial charge in [-0.2, -0.15) is 12.6 Å². The minimum Gasteiger partial charge on any atom is -0.480 e. The van der Waals surface area contributed by atoms with E-state index in [2.05, 4.69) is 17.9 Å². The third kappa shape index (κ3) is 6.65. The van der Waals surface area contributed by atoms with E-state index in [0.717, 1.165) is 32.1 Å². The lowest BCUT2D eigenvalue weighted by atomic mass is 9.98. The quantitative estimate of drug-likeness (QED) is 0.379. The van der Waals surface area contributed by atoms with Crippen molar-refractivity contribution in [1.29, 1.82) is 0 Å². The fraction of sp³-hybridized carbons (Fsp3) is 0.786. The maximum Gasteiger partial charge on any atom is 0.329 e. The number of amides is 1. The second-order valence-electron chi connectivity index (χ2n) is 5.48. The molecule has 1 saturated carbocycles. The van der Waals surface area contributed by atoms with Crippen molar-refractivity contribution in [3.63, 3.8) is 0 Å². The van der Waals surface area contributed by atoms with Crippen LogP contribution in [-0.2, 0) is 19.1 Å². The van der Waals surface area contributed by atoms with Gasteiger partial charge in [-0.3, -0.25) is 9.59 Å². The molecule has 8 heteroatoms. The average molecular weight is 332 g/mol. The lowest BCUT2D eigenvalue weighted by Crippen LogP contribution is -2.45. The lowest BCUT2D eigenvalue weighted by Gasteiger charge is -2.24. The normalized spacial score (nSPS) is 18.3. The fourth-order valence-electron chi connectivity index (χ4n) is 2.29. The molecule has 22 heavy (non-hydrogen) atoms. The van der Waals surface area contributed by atoms with Gasteiger partial charge in [0.2, 0.25) is 5.91 Å². The molecule has 7 nitrogen and oxygen atoms in total. The Labute approximate surface area is 135 Å². The molecular formula is C14H24N2O5S. The molecule has 1 rings (SSSR count). The number of rotatable bonds is 8. The third-order valence-electron chi connectivity index (χ3n) is 3.64. The smallest absolute Gasteiger partial charge is 0.329 e. The van der Waals surface area contributed by atoms with Crippen LogP contribution in [0.3, 0.4) is 0 Å². The molecule has 0 aromatic rings. The summed E-state index contributed by atoms with van der Waals surface area (Å²) in [5.74, 6) is -1.95. The van der Waals surface area contributed by atoms with Crippen LogP contribution in [0.4, 0.5) is 0 Å². The first-order valence-corrected chi connectivity index (χ1v) is 8.16. The number of nitrogens with one attached hydrogen (secondary N) is 1. The molecule has 1 aliphatic carbocycles. The van der Waals surface area contributed by atoms with Crippen LogP contribution in [0.2, 0.25) is 0 Å². The molecule has 126 valence electrons. The van der Waals surface area contributed by atoms with E-state index in [9.17, 15) is 14.4 Å². The highest BCUT2D eigenvalue weighted by Crippen LogP contribution is 2.20. The highest BCUT2D eigenvalue weighted by Gasteiger charge is 2.25. The van der Waals surface area contributed by atoms with E-state index in [0.29, 0.717) is 0 Å². The Kier molecular flexibility index (Phi) is 8.26. The molecule has 0 radical (unpaired) electrons. The zero-order valence-corrected chi connectivity index (χ0v) is 13.4. The first-order valence-electron chi connectivity index (χ1n) is 7.53. The average Bonchev–Trinajstić information content (AvgIpc) is 2.50. The first-order chi connectivity index (χ1) is 10.4. The third-order valence-corrected chi connectivity index (χ3v) is 4.00. The fourth-order valence-corrected chi connectivity index (χ4v) is 2.53. The van der Waals surface area contributed by atoms with Crippen molar-refractivity contribution in [2.24, 2.45) is 5.73 Å². The van der Waals surface area contributed by atoms with Gasteiger partial charge in [0.05, 0.1) is 0 Å². The van der Waals surface area contributed by atoms with Gasteiger partial charge in [-0.1, -0.05) is 6.42 Å². The number of ether oxygens (including phenoxy) is 1. The van der Waals surface area contributed by atoms with E-state index in [-0.39, 0.29) is 24.7 Å². The highest BCUT2D eigenvalue weighted by atomic mass is 32.1. The van der Waals surface area contributed by atoms with E-state index >= 15 is 0 Å². The molecule has 0 bridgehead atoms. The summed E-state index contributed by atoms with van der Waals surface area (Å²) in [7, 11) is 0. The molecule has 2 atom stereocenters. The lowest BCUT2D eigenvalue weighted by molar-refractivity contribution is -0.153. The van der Waals surface area contributed by atoms with Crippen LogP contribution >= 0.6 is 12.6 Å². The Morgan fingerprint density at radius 1 is 1.27 bits per heavy atom. The van der Waals surface area contributed by atoms with Crippen molar-refractivity contribution in [3.05, 3.63) is 0 Å². The van der Waals surface area contributed by atoms with Crippen LogP contribution in [0.5, 0.6) is 0 Å². The monoisotopic (exact) mass is 332 g/mol. The van der Waals surface area contributed by atoms with Gasteiger partial charge in [-0.15, -0.1) is 0 Å². The second kappa shape index (κ2) is 9.68. The molecule has 0 saturated heterocycles. The number of thiol groups is 1. The molecule has 0 heterocycles. The van der Waals surface area contributed by atoms with Crippen LogP contribution in [0.1, 0.15) is 44.9 Å². The molecule has 0 aromatic carbocycles. The Morgan fingerprint density at radius 3 is 2.45 bits per heavy atom. The summed E-state index contributed by atoms with van der Waals surface area (Å²) in [6.45, 7) is 0. The number of carboxylic acid groups (broad SMARTS) is 1. The number of aliphatic carboxylic acids is 1. The summed E-state index contributed by atoms with van der Waals surface area (Å²) >= 11 is 4.05. The predicted molar refractivity (Wildman–Crippen MR) is 83.6 cm³/mol. The molecule has 1 amide bonds. The number of nitrogens with two attached hydrogens (primary N) is 1. The van der Waals surface area contributed by atoms with Gasteiger partial charge in [0.15, 0.2) is 0 Å². The number of carboxylic acids is 1. The summed E-state index contributed by atoms with van der Waals surface area (Å²) in [4.78, 5) is 34.3. The molecule has 0 aromatic heterocycles. The van der Waals surface area contributed by atoms with E-state index in [1.54, 1.807) is 0 Å². The van der Waals surface area contributed by atoms with Crippen LogP contribution in [0, 0.1) is 0 Å². The van der Waals surface area contributed by atoms with Crippen molar-refractivity contribution in [1.82, 2.24) is 5.32 Å². The Balaban J connectivity index is 2.37. The number of carbonyl (C=O) groups is 3. The molecule has 0 spiro atoms. The highest BCUT2D eigenvalue weighted by molar-refractivity contribution is 7.80. The predicted octanol–water partition coefficient (Wildman–Crippen LogP) is 0.469. The summed E-state index contributed by atoms with van der Waals surface area (Å²) in [5.41, 5.74) is 5.33. The molecule has 0 aliphatic heterocycles. The van der Waals surface area contributed by atoms with Gasteiger partial charge in [-0.05, 0) is 32.1 Å². The Hall–Kier alpha value is -1.28. The van der Waals surface area contributed by atoms with E-state index in [4.69, 9.17) is 15.6 Å². The number of hydrogen-bond acceptors (Lipinski definition) is 6. The molecule has 1 fully saturated rings. The van der Waals surface area contributed by atoms with Crippen LogP contribution in [0.15, 0.2) is 0 Å². The Morgan fingerprint density at radius 2 is 1.91 bits per heavy atom. The number of esters is 1. The number of carbonyl (C=O) groups excluding carboxylic acids is 2. The summed E-state index contributed by atoms with van der Waals surface area (Å²) in [6.07, 6.45) is 4.82. The van der Waals surface area contributed by atoms with Gasteiger partial charge in [0, 0.05) is 12.2 Å². The maximum absolute atomic E-state index is 12.0. The van der Waals surface area contributed by atoms with Crippen molar-refractivity contribution >= 4 is 30.5 Å². The molecule has 1 aliphatic rings. The minimum absolute atomic E-state index is 0.0120. The maximum atomic E-state index is 12.0. The summed E-state index contributed by atoms with van der Waals surface area (Å²) < 4.78 is 5.39. The molecular weight excluding hydrogens is 308 g/mol. The van der Waals surface area contributed by atoms with Crippen molar-refractivity contribution < 1.29 is 24.2 Å². The number of hydrogen-bond donors (Lipinski definition) is 4. The molecule has 4 N–H and O–H groups in total.